The molecule has 1 fully saturated rings. The Morgan fingerprint density at radius 2 is 1.95 bits per heavy atom. The van der Waals surface area contributed by atoms with Gasteiger partial charge in [-0.05, 0) is 32.8 Å². The van der Waals surface area contributed by atoms with Crippen molar-refractivity contribution in [3.63, 3.8) is 0 Å². The van der Waals surface area contributed by atoms with E-state index in [0.29, 0.717) is 12.0 Å². The Labute approximate surface area is 124 Å². The van der Waals surface area contributed by atoms with Crippen LogP contribution in [-0.4, -0.2) is 33.6 Å². The molecule has 0 spiro atoms. The van der Waals surface area contributed by atoms with Crippen LogP contribution in [0, 0.1) is 0 Å². The average Bonchev–Trinajstić information content (AvgIpc) is 2.79. The number of carbonyl (C=O) groups excluding carboxylic acids is 2. The third-order valence-corrected chi connectivity index (χ3v) is 3.35. The van der Waals surface area contributed by atoms with E-state index >= 15 is 0 Å². The minimum absolute atomic E-state index is 0.244. The van der Waals surface area contributed by atoms with Crippen molar-refractivity contribution in [2.45, 2.75) is 51.4 Å². The summed E-state index contributed by atoms with van der Waals surface area (Å²) < 4.78 is 5.26. The van der Waals surface area contributed by atoms with Crippen LogP contribution in [-0.2, 0) is 9.53 Å². The van der Waals surface area contributed by atoms with Crippen molar-refractivity contribution in [1.82, 2.24) is 4.90 Å². The number of rotatable bonds is 2. The second-order valence-electron chi connectivity index (χ2n) is 6.21. The van der Waals surface area contributed by atoms with Crippen molar-refractivity contribution in [2.24, 2.45) is 0 Å². The van der Waals surface area contributed by atoms with Crippen molar-refractivity contribution in [2.75, 3.05) is 0 Å². The first-order valence-electron chi connectivity index (χ1n) is 7.07. The molecule has 1 N–H and O–H groups in total. The fourth-order valence-electron chi connectivity index (χ4n) is 2.43. The summed E-state index contributed by atoms with van der Waals surface area (Å²) in [7, 11) is 0. The predicted octanol–water partition coefficient (Wildman–Crippen LogP) is 2.65. The Morgan fingerprint density at radius 3 is 2.52 bits per heavy atom. The largest absolute Gasteiger partial charge is 0.443 e. The standard InChI is InChI=1S/C16H21NO4/c1-16(2,3)21-15(20)17-12(9-10-13(17)18)14(19)11-7-5-4-6-8-11/h4-8,12,14,19H,9-10H2,1-3H3/t12-,14+/m0/s1. The molecule has 21 heavy (non-hydrogen) atoms. The molecule has 114 valence electrons. The molecule has 0 aliphatic carbocycles. The molecule has 2 rings (SSSR count). The molecule has 0 bridgehead atoms. The Bertz CT molecular complexity index is 521. The van der Waals surface area contributed by atoms with Crippen molar-refractivity contribution in [1.29, 1.82) is 0 Å². The summed E-state index contributed by atoms with van der Waals surface area (Å²) in [5.74, 6) is -0.302. The summed E-state index contributed by atoms with van der Waals surface area (Å²) in [5, 5.41) is 10.5. The van der Waals surface area contributed by atoms with Crippen molar-refractivity contribution >= 4 is 12.0 Å². The fraction of sp³-hybridized carbons (Fsp3) is 0.500. The number of hydrogen-bond acceptors (Lipinski definition) is 4. The van der Waals surface area contributed by atoms with Gasteiger partial charge in [-0.3, -0.25) is 4.79 Å². The Balaban J connectivity index is 2.19. The first-order chi connectivity index (χ1) is 9.79. The maximum absolute atomic E-state index is 12.2. The lowest BCUT2D eigenvalue weighted by molar-refractivity contribution is -0.129. The third kappa shape index (κ3) is 3.61. The maximum atomic E-state index is 12.2. The molecular formula is C16H21NO4. The van der Waals surface area contributed by atoms with Crippen molar-refractivity contribution in [3.05, 3.63) is 35.9 Å². The van der Waals surface area contributed by atoms with Gasteiger partial charge < -0.3 is 9.84 Å². The number of nitrogens with zero attached hydrogens (tertiary/aromatic N) is 1. The highest BCUT2D eigenvalue weighted by Crippen LogP contribution is 2.31. The molecule has 1 aliphatic rings. The van der Waals surface area contributed by atoms with E-state index in [1.807, 2.05) is 18.2 Å². The topological polar surface area (TPSA) is 66.8 Å². The van der Waals surface area contributed by atoms with Crippen LogP contribution >= 0.6 is 0 Å². The smallest absolute Gasteiger partial charge is 0.417 e. The maximum Gasteiger partial charge on any atom is 0.417 e. The summed E-state index contributed by atoms with van der Waals surface area (Å²) in [4.78, 5) is 25.2. The predicted molar refractivity (Wildman–Crippen MR) is 77.5 cm³/mol. The van der Waals surface area contributed by atoms with Crippen LogP contribution in [0.25, 0.3) is 0 Å². The summed E-state index contributed by atoms with van der Waals surface area (Å²) in [5.41, 5.74) is 0.00752. The zero-order chi connectivity index (χ0) is 15.6. The molecular weight excluding hydrogens is 270 g/mol. The fourth-order valence-corrected chi connectivity index (χ4v) is 2.43. The molecule has 5 heteroatoms. The van der Waals surface area contributed by atoms with Gasteiger partial charge in [0.1, 0.15) is 11.7 Å². The minimum Gasteiger partial charge on any atom is -0.443 e. The van der Waals surface area contributed by atoms with E-state index in [0.717, 1.165) is 4.90 Å². The van der Waals surface area contributed by atoms with E-state index in [1.165, 1.54) is 0 Å². The lowest BCUT2D eigenvalue weighted by Crippen LogP contribution is -2.44. The molecule has 1 saturated heterocycles. The number of aliphatic hydroxyl groups is 1. The van der Waals surface area contributed by atoms with Gasteiger partial charge in [0, 0.05) is 6.42 Å². The van der Waals surface area contributed by atoms with E-state index in [-0.39, 0.29) is 12.3 Å². The Hall–Kier alpha value is -1.88. The Morgan fingerprint density at radius 1 is 1.33 bits per heavy atom. The van der Waals surface area contributed by atoms with E-state index in [2.05, 4.69) is 0 Å². The monoisotopic (exact) mass is 291 g/mol. The number of aliphatic hydroxyl groups excluding tert-OH is 1. The summed E-state index contributed by atoms with van der Waals surface area (Å²) in [6.07, 6.45) is -0.905. The first-order valence-corrected chi connectivity index (χ1v) is 7.07. The molecule has 2 atom stereocenters. The molecule has 0 saturated carbocycles. The number of likely N-dealkylation sites (tertiary alicyclic amines) is 1. The van der Waals surface area contributed by atoms with Gasteiger partial charge in [0.15, 0.2) is 0 Å². The highest BCUT2D eigenvalue weighted by Gasteiger charge is 2.42. The third-order valence-electron chi connectivity index (χ3n) is 3.35. The van der Waals surface area contributed by atoms with Crippen LogP contribution in [0.2, 0.25) is 0 Å². The molecule has 1 aromatic rings. The first kappa shape index (κ1) is 15.5. The molecule has 0 aromatic heterocycles. The van der Waals surface area contributed by atoms with E-state index < -0.39 is 23.8 Å². The van der Waals surface area contributed by atoms with Crippen LogP contribution in [0.4, 0.5) is 4.79 Å². The number of ether oxygens (including phenoxy) is 1. The molecule has 1 aromatic carbocycles. The average molecular weight is 291 g/mol. The van der Waals surface area contributed by atoms with Gasteiger partial charge in [0.25, 0.3) is 0 Å². The number of hydrogen-bond donors (Lipinski definition) is 1. The molecule has 5 nitrogen and oxygen atoms in total. The molecule has 0 radical (unpaired) electrons. The lowest BCUT2D eigenvalue weighted by atomic mass is 10.0. The van der Waals surface area contributed by atoms with Gasteiger partial charge in [-0.2, -0.15) is 0 Å². The van der Waals surface area contributed by atoms with Crippen molar-refractivity contribution in [3.8, 4) is 0 Å². The van der Waals surface area contributed by atoms with Crippen LogP contribution < -0.4 is 0 Å². The van der Waals surface area contributed by atoms with Crippen molar-refractivity contribution < 1.29 is 19.4 Å². The molecule has 0 unspecified atom stereocenters. The minimum atomic E-state index is -0.898. The summed E-state index contributed by atoms with van der Waals surface area (Å²) in [6, 6.07) is 8.46. The molecule has 2 amide bonds. The Kier molecular flexibility index (Phi) is 4.32. The number of imide groups is 1. The normalized spacial score (nSPS) is 20.5. The zero-order valence-electron chi connectivity index (χ0n) is 12.6. The number of carbonyl (C=O) groups is 2. The van der Waals surface area contributed by atoms with Gasteiger partial charge in [0.05, 0.1) is 6.04 Å². The van der Waals surface area contributed by atoms with Gasteiger partial charge >= 0.3 is 6.09 Å². The van der Waals surface area contributed by atoms with Gasteiger partial charge in [-0.15, -0.1) is 0 Å². The van der Waals surface area contributed by atoms with Crippen LogP contribution in [0.3, 0.4) is 0 Å². The lowest BCUT2D eigenvalue weighted by Gasteiger charge is -2.29. The van der Waals surface area contributed by atoms with E-state index in [9.17, 15) is 14.7 Å². The second-order valence-corrected chi connectivity index (χ2v) is 6.21. The van der Waals surface area contributed by atoms with Gasteiger partial charge in [-0.1, -0.05) is 30.3 Å². The highest BCUT2D eigenvalue weighted by atomic mass is 16.6. The SMILES string of the molecule is CC(C)(C)OC(=O)N1C(=O)CC[C@H]1[C@H](O)c1ccccc1. The summed E-state index contributed by atoms with van der Waals surface area (Å²) in [6.45, 7) is 5.23. The van der Waals surface area contributed by atoms with Crippen LogP contribution in [0.1, 0.15) is 45.3 Å². The summed E-state index contributed by atoms with van der Waals surface area (Å²) >= 11 is 0. The van der Waals surface area contributed by atoms with Crippen LogP contribution in [0.5, 0.6) is 0 Å². The molecule has 1 heterocycles. The van der Waals surface area contributed by atoms with E-state index in [4.69, 9.17) is 4.74 Å². The zero-order valence-corrected chi connectivity index (χ0v) is 12.6. The highest BCUT2D eigenvalue weighted by molar-refractivity contribution is 5.94. The number of amides is 2. The van der Waals surface area contributed by atoms with Crippen LogP contribution in [0.15, 0.2) is 30.3 Å². The van der Waals surface area contributed by atoms with Gasteiger partial charge in [0.2, 0.25) is 5.91 Å². The molecule has 1 aliphatic heterocycles. The van der Waals surface area contributed by atoms with Gasteiger partial charge in [-0.25, -0.2) is 9.69 Å². The quantitative estimate of drug-likeness (QED) is 0.909. The second kappa shape index (κ2) is 5.85. The van der Waals surface area contributed by atoms with E-state index in [1.54, 1.807) is 32.9 Å². The number of benzene rings is 1.